The number of aryl methyl sites for hydroxylation is 1. The maximum atomic E-state index is 11.9. The van der Waals surface area contributed by atoms with Gasteiger partial charge in [-0.3, -0.25) is 0 Å². The van der Waals surface area contributed by atoms with Crippen molar-refractivity contribution in [2.45, 2.75) is 19.9 Å². The van der Waals surface area contributed by atoms with Crippen molar-refractivity contribution in [3.8, 4) is 11.5 Å². The molecule has 0 saturated heterocycles. The number of esters is 1. The largest absolute Gasteiger partial charge is 0.465 e. The van der Waals surface area contributed by atoms with Crippen molar-refractivity contribution in [2.24, 2.45) is 0 Å². The second kappa shape index (κ2) is 5.27. The number of ether oxygens (including phenoxy) is 3. The number of rotatable bonds is 4. The summed E-state index contributed by atoms with van der Waals surface area (Å²) in [5, 5.41) is 2.96. The van der Waals surface area contributed by atoms with Crippen LogP contribution in [0.1, 0.15) is 24.1 Å². The van der Waals surface area contributed by atoms with E-state index in [1.165, 1.54) is 0 Å². The highest BCUT2D eigenvalue weighted by Gasteiger charge is 2.25. The van der Waals surface area contributed by atoms with Gasteiger partial charge in [-0.1, -0.05) is 0 Å². The van der Waals surface area contributed by atoms with Gasteiger partial charge in [0, 0.05) is 0 Å². The van der Waals surface area contributed by atoms with Crippen LogP contribution >= 0.6 is 0 Å². The highest BCUT2D eigenvalue weighted by atomic mass is 16.7. The van der Waals surface area contributed by atoms with E-state index in [1.807, 2.05) is 19.1 Å². The lowest BCUT2D eigenvalue weighted by molar-refractivity contribution is -0.145. The number of hydrogen-bond donors (Lipinski definition) is 1. The third-order valence-electron chi connectivity index (χ3n) is 2.88. The third-order valence-corrected chi connectivity index (χ3v) is 2.88. The van der Waals surface area contributed by atoms with E-state index in [0.29, 0.717) is 12.4 Å². The molecule has 1 unspecified atom stereocenters. The van der Waals surface area contributed by atoms with Crippen molar-refractivity contribution in [2.75, 3.05) is 20.4 Å². The van der Waals surface area contributed by atoms with Gasteiger partial charge in [0.2, 0.25) is 6.79 Å². The van der Waals surface area contributed by atoms with Crippen LogP contribution in [0.15, 0.2) is 12.1 Å². The highest BCUT2D eigenvalue weighted by Crippen LogP contribution is 2.36. The molecule has 1 N–H and O–H groups in total. The van der Waals surface area contributed by atoms with Crippen LogP contribution in [0, 0.1) is 6.92 Å². The number of carbonyl (C=O) groups is 1. The first-order valence-corrected chi connectivity index (χ1v) is 5.91. The Morgan fingerprint density at radius 2 is 2.11 bits per heavy atom. The molecule has 5 heteroatoms. The van der Waals surface area contributed by atoms with Crippen LogP contribution in [0.5, 0.6) is 11.5 Å². The molecule has 98 valence electrons. The predicted molar refractivity (Wildman–Crippen MR) is 65.7 cm³/mol. The molecule has 0 spiro atoms. The zero-order chi connectivity index (χ0) is 13.1. The minimum atomic E-state index is -0.487. The zero-order valence-electron chi connectivity index (χ0n) is 10.8. The fourth-order valence-corrected chi connectivity index (χ4v) is 2.00. The van der Waals surface area contributed by atoms with Crippen LogP contribution in [0.4, 0.5) is 0 Å². The second-order valence-corrected chi connectivity index (χ2v) is 4.04. The van der Waals surface area contributed by atoms with Gasteiger partial charge in [0.15, 0.2) is 11.5 Å². The average molecular weight is 251 g/mol. The van der Waals surface area contributed by atoms with Gasteiger partial charge in [0.1, 0.15) is 6.04 Å². The molecule has 1 heterocycles. The van der Waals surface area contributed by atoms with E-state index >= 15 is 0 Å². The molecule has 0 aromatic heterocycles. The van der Waals surface area contributed by atoms with E-state index < -0.39 is 6.04 Å². The first kappa shape index (κ1) is 12.7. The van der Waals surface area contributed by atoms with Crippen molar-refractivity contribution < 1.29 is 19.0 Å². The summed E-state index contributed by atoms with van der Waals surface area (Å²) in [5.41, 5.74) is 1.81. The van der Waals surface area contributed by atoms with E-state index in [1.54, 1.807) is 14.0 Å². The van der Waals surface area contributed by atoms with Crippen LogP contribution in [-0.2, 0) is 9.53 Å². The number of likely N-dealkylation sites (N-methyl/N-ethyl adjacent to an activating group) is 1. The predicted octanol–water partition coefficient (Wildman–Crippen LogP) is 1.55. The third kappa shape index (κ3) is 2.26. The summed E-state index contributed by atoms with van der Waals surface area (Å²) in [5.74, 6) is 1.09. The summed E-state index contributed by atoms with van der Waals surface area (Å²) < 4.78 is 15.7. The van der Waals surface area contributed by atoms with Gasteiger partial charge in [-0.2, -0.15) is 0 Å². The van der Waals surface area contributed by atoms with Gasteiger partial charge in [-0.25, -0.2) is 4.79 Å². The minimum absolute atomic E-state index is 0.224. The van der Waals surface area contributed by atoms with Crippen molar-refractivity contribution in [3.05, 3.63) is 23.3 Å². The van der Waals surface area contributed by atoms with Gasteiger partial charge in [0.05, 0.1) is 6.61 Å². The first-order valence-electron chi connectivity index (χ1n) is 5.91. The standard InChI is InChI=1S/C13H17NO4/c1-4-16-13(15)12(14-3)9-6-11-10(5-8(9)2)17-7-18-11/h5-6,12,14H,4,7H2,1-3H3. The molecule has 0 fully saturated rings. The molecule has 1 aromatic rings. The lowest BCUT2D eigenvalue weighted by Crippen LogP contribution is -2.28. The van der Waals surface area contributed by atoms with E-state index in [4.69, 9.17) is 14.2 Å². The quantitative estimate of drug-likeness (QED) is 0.823. The molecular formula is C13H17NO4. The molecule has 2 rings (SSSR count). The molecule has 0 saturated carbocycles. The number of hydrogen-bond acceptors (Lipinski definition) is 5. The van der Waals surface area contributed by atoms with Crippen LogP contribution in [0.2, 0.25) is 0 Å². The first-order chi connectivity index (χ1) is 8.67. The molecule has 0 aliphatic carbocycles. The van der Waals surface area contributed by atoms with Crippen molar-refractivity contribution in [1.29, 1.82) is 0 Å². The van der Waals surface area contributed by atoms with Crippen molar-refractivity contribution >= 4 is 5.97 Å². The Labute approximate surface area is 106 Å². The van der Waals surface area contributed by atoms with Gasteiger partial charge in [0.25, 0.3) is 0 Å². The number of carbonyl (C=O) groups excluding carboxylic acids is 1. The molecule has 1 atom stereocenters. The molecule has 0 bridgehead atoms. The summed E-state index contributed by atoms with van der Waals surface area (Å²) >= 11 is 0. The zero-order valence-corrected chi connectivity index (χ0v) is 10.8. The lowest BCUT2D eigenvalue weighted by atomic mass is 10.0. The van der Waals surface area contributed by atoms with E-state index in [-0.39, 0.29) is 12.8 Å². The molecule has 1 aliphatic heterocycles. The molecular weight excluding hydrogens is 234 g/mol. The Hall–Kier alpha value is -1.75. The average Bonchev–Trinajstić information content (AvgIpc) is 2.77. The topological polar surface area (TPSA) is 56.8 Å². The number of fused-ring (bicyclic) bond motifs is 1. The normalized spacial score (nSPS) is 14.4. The Balaban J connectivity index is 2.33. The Morgan fingerprint density at radius 1 is 1.44 bits per heavy atom. The SMILES string of the molecule is CCOC(=O)C(NC)c1cc2c(cc1C)OCO2. The van der Waals surface area contributed by atoms with Crippen molar-refractivity contribution in [1.82, 2.24) is 5.32 Å². The monoisotopic (exact) mass is 251 g/mol. The maximum absolute atomic E-state index is 11.9. The molecule has 5 nitrogen and oxygen atoms in total. The van der Waals surface area contributed by atoms with Gasteiger partial charge < -0.3 is 19.5 Å². The molecule has 18 heavy (non-hydrogen) atoms. The van der Waals surface area contributed by atoms with Crippen LogP contribution in [0.25, 0.3) is 0 Å². The number of nitrogens with one attached hydrogen (secondary N) is 1. The highest BCUT2D eigenvalue weighted by molar-refractivity contribution is 5.78. The molecule has 1 aromatic carbocycles. The van der Waals surface area contributed by atoms with Crippen LogP contribution < -0.4 is 14.8 Å². The summed E-state index contributed by atoms with van der Waals surface area (Å²) in [4.78, 5) is 11.9. The van der Waals surface area contributed by atoms with Gasteiger partial charge in [-0.05, 0) is 44.2 Å². The fraction of sp³-hybridized carbons (Fsp3) is 0.462. The van der Waals surface area contributed by atoms with Crippen LogP contribution in [-0.4, -0.2) is 26.4 Å². The summed E-state index contributed by atoms with van der Waals surface area (Å²) in [6.07, 6.45) is 0. The van der Waals surface area contributed by atoms with E-state index in [0.717, 1.165) is 16.9 Å². The second-order valence-electron chi connectivity index (χ2n) is 4.04. The molecule has 1 aliphatic rings. The Kier molecular flexibility index (Phi) is 3.72. The molecule has 0 amide bonds. The number of benzene rings is 1. The van der Waals surface area contributed by atoms with Crippen molar-refractivity contribution in [3.63, 3.8) is 0 Å². The summed E-state index contributed by atoms with van der Waals surface area (Å²) in [6, 6.07) is 3.22. The summed E-state index contributed by atoms with van der Waals surface area (Å²) in [7, 11) is 1.73. The lowest BCUT2D eigenvalue weighted by Gasteiger charge is -2.17. The van der Waals surface area contributed by atoms with Crippen LogP contribution in [0.3, 0.4) is 0 Å². The fourth-order valence-electron chi connectivity index (χ4n) is 2.00. The smallest absolute Gasteiger partial charge is 0.327 e. The Morgan fingerprint density at radius 3 is 2.72 bits per heavy atom. The van der Waals surface area contributed by atoms with E-state index in [9.17, 15) is 4.79 Å². The van der Waals surface area contributed by atoms with Gasteiger partial charge >= 0.3 is 5.97 Å². The maximum Gasteiger partial charge on any atom is 0.327 e. The summed E-state index contributed by atoms with van der Waals surface area (Å²) in [6.45, 7) is 4.31. The molecule has 0 radical (unpaired) electrons. The minimum Gasteiger partial charge on any atom is -0.465 e. The van der Waals surface area contributed by atoms with E-state index in [2.05, 4.69) is 5.32 Å². The van der Waals surface area contributed by atoms with Gasteiger partial charge in [-0.15, -0.1) is 0 Å². The Bertz CT molecular complexity index is 459.